The van der Waals surface area contributed by atoms with E-state index in [1.165, 1.54) is 0 Å². The van der Waals surface area contributed by atoms with Crippen LogP contribution >= 0.6 is 0 Å². The number of pyridine rings is 1. The van der Waals surface area contributed by atoms with Crippen LogP contribution in [0.25, 0.3) is 0 Å². The van der Waals surface area contributed by atoms with Crippen molar-refractivity contribution in [1.29, 1.82) is 0 Å². The molecule has 78 valence electrons. The van der Waals surface area contributed by atoms with Crippen LogP contribution in [-0.4, -0.2) is 24.2 Å². The molecule has 4 heteroatoms. The molecular weight excluding hydrogens is 178 g/mol. The molecule has 0 atom stereocenters. The van der Waals surface area contributed by atoms with Crippen molar-refractivity contribution in [2.24, 2.45) is 5.73 Å². The second-order valence-electron chi connectivity index (χ2n) is 3.23. The van der Waals surface area contributed by atoms with Gasteiger partial charge in [-0.3, -0.25) is 0 Å². The van der Waals surface area contributed by atoms with E-state index in [2.05, 4.69) is 10.3 Å². The Balaban J connectivity index is 2.69. The van der Waals surface area contributed by atoms with Gasteiger partial charge in [0.2, 0.25) is 0 Å². The average Bonchev–Trinajstić information content (AvgIpc) is 2.16. The maximum Gasteiger partial charge on any atom is 0.168 e. The molecule has 1 heterocycles. The maximum absolute atomic E-state index is 5.58. The molecule has 4 nitrogen and oxygen atoms in total. The fraction of sp³-hybridized carbons (Fsp3) is 0.500. The van der Waals surface area contributed by atoms with Gasteiger partial charge in [0.15, 0.2) is 11.6 Å². The first-order valence-electron chi connectivity index (χ1n) is 4.79. The normalized spacial score (nSPS) is 10.3. The number of rotatable bonds is 5. The van der Waals surface area contributed by atoms with Crippen molar-refractivity contribution in [3.05, 3.63) is 18.3 Å². The molecule has 0 unspecified atom stereocenters. The van der Waals surface area contributed by atoms with Gasteiger partial charge in [0, 0.05) is 19.3 Å². The van der Waals surface area contributed by atoms with Gasteiger partial charge in [-0.2, -0.15) is 0 Å². The van der Waals surface area contributed by atoms with E-state index in [4.69, 9.17) is 10.5 Å². The van der Waals surface area contributed by atoms with Gasteiger partial charge in [0.25, 0.3) is 0 Å². The SMILES string of the molecule is CC(C)Oc1cccnc1NCCN. The first-order valence-corrected chi connectivity index (χ1v) is 4.79. The Bertz CT molecular complexity index is 276. The highest BCUT2D eigenvalue weighted by atomic mass is 16.5. The van der Waals surface area contributed by atoms with Crippen molar-refractivity contribution in [3.8, 4) is 5.75 Å². The zero-order chi connectivity index (χ0) is 10.4. The van der Waals surface area contributed by atoms with Gasteiger partial charge in [0.1, 0.15) is 0 Å². The van der Waals surface area contributed by atoms with Crippen LogP contribution in [0.1, 0.15) is 13.8 Å². The zero-order valence-corrected chi connectivity index (χ0v) is 8.66. The van der Waals surface area contributed by atoms with Crippen molar-refractivity contribution in [1.82, 2.24) is 4.98 Å². The lowest BCUT2D eigenvalue weighted by Crippen LogP contribution is -2.15. The Hall–Kier alpha value is -1.29. The molecule has 1 aromatic rings. The standard InChI is InChI=1S/C10H17N3O/c1-8(2)14-9-4-3-6-12-10(9)13-7-5-11/h3-4,6,8H,5,7,11H2,1-2H3,(H,12,13). The minimum Gasteiger partial charge on any atom is -0.487 e. The van der Waals surface area contributed by atoms with Crippen LogP contribution in [0, 0.1) is 0 Å². The minimum atomic E-state index is 0.151. The number of nitrogens with zero attached hydrogens (tertiary/aromatic N) is 1. The summed E-state index contributed by atoms with van der Waals surface area (Å²) in [5.74, 6) is 1.53. The summed E-state index contributed by atoms with van der Waals surface area (Å²) in [5.41, 5.74) is 5.40. The van der Waals surface area contributed by atoms with Crippen molar-refractivity contribution in [3.63, 3.8) is 0 Å². The molecule has 0 bridgehead atoms. The topological polar surface area (TPSA) is 60.2 Å². The highest BCUT2D eigenvalue weighted by molar-refractivity contribution is 5.49. The second kappa shape index (κ2) is 5.44. The number of ether oxygens (including phenoxy) is 1. The smallest absolute Gasteiger partial charge is 0.168 e. The molecule has 1 aromatic heterocycles. The van der Waals surface area contributed by atoms with Gasteiger partial charge in [0.05, 0.1) is 6.10 Å². The molecule has 14 heavy (non-hydrogen) atoms. The van der Waals surface area contributed by atoms with E-state index in [1.807, 2.05) is 26.0 Å². The average molecular weight is 195 g/mol. The summed E-state index contributed by atoms with van der Waals surface area (Å²) in [4.78, 5) is 4.18. The van der Waals surface area contributed by atoms with Gasteiger partial charge >= 0.3 is 0 Å². The van der Waals surface area contributed by atoms with Gasteiger partial charge in [-0.25, -0.2) is 4.98 Å². The van der Waals surface area contributed by atoms with Crippen LogP contribution in [0.2, 0.25) is 0 Å². The van der Waals surface area contributed by atoms with Crippen molar-refractivity contribution in [2.45, 2.75) is 20.0 Å². The van der Waals surface area contributed by atoms with E-state index in [1.54, 1.807) is 6.20 Å². The summed E-state index contributed by atoms with van der Waals surface area (Å²) in [6, 6.07) is 3.75. The maximum atomic E-state index is 5.58. The van der Waals surface area contributed by atoms with Crippen molar-refractivity contribution < 1.29 is 4.74 Å². The molecule has 0 aliphatic rings. The van der Waals surface area contributed by atoms with E-state index >= 15 is 0 Å². The summed E-state index contributed by atoms with van der Waals surface area (Å²) >= 11 is 0. The van der Waals surface area contributed by atoms with Crippen LogP contribution in [0.15, 0.2) is 18.3 Å². The Morgan fingerprint density at radius 3 is 3.00 bits per heavy atom. The second-order valence-corrected chi connectivity index (χ2v) is 3.23. The third-order valence-electron chi connectivity index (χ3n) is 1.57. The number of nitrogens with two attached hydrogens (primary N) is 1. The van der Waals surface area contributed by atoms with Crippen LogP contribution < -0.4 is 15.8 Å². The molecule has 0 aromatic carbocycles. The quantitative estimate of drug-likeness (QED) is 0.742. The minimum absolute atomic E-state index is 0.151. The van der Waals surface area contributed by atoms with E-state index in [0.717, 1.165) is 11.6 Å². The highest BCUT2D eigenvalue weighted by Gasteiger charge is 2.04. The lowest BCUT2D eigenvalue weighted by Gasteiger charge is -2.13. The summed E-state index contributed by atoms with van der Waals surface area (Å²) < 4.78 is 5.58. The van der Waals surface area contributed by atoms with E-state index in [0.29, 0.717) is 13.1 Å². The van der Waals surface area contributed by atoms with E-state index in [-0.39, 0.29) is 6.10 Å². The summed E-state index contributed by atoms with van der Waals surface area (Å²) in [6.45, 7) is 5.25. The molecule has 0 saturated heterocycles. The fourth-order valence-electron chi connectivity index (χ4n) is 1.06. The zero-order valence-electron chi connectivity index (χ0n) is 8.66. The first-order chi connectivity index (χ1) is 6.74. The molecule has 0 fully saturated rings. The van der Waals surface area contributed by atoms with E-state index in [9.17, 15) is 0 Å². The largest absolute Gasteiger partial charge is 0.487 e. The molecule has 0 saturated carbocycles. The van der Waals surface area contributed by atoms with Gasteiger partial charge in [-0.15, -0.1) is 0 Å². The molecule has 1 rings (SSSR count). The number of nitrogens with one attached hydrogen (secondary N) is 1. The van der Waals surface area contributed by atoms with E-state index < -0.39 is 0 Å². The van der Waals surface area contributed by atoms with Crippen molar-refractivity contribution >= 4 is 5.82 Å². The lowest BCUT2D eigenvalue weighted by molar-refractivity contribution is 0.243. The third kappa shape index (κ3) is 3.22. The fourth-order valence-corrected chi connectivity index (χ4v) is 1.06. The lowest BCUT2D eigenvalue weighted by atomic mass is 10.4. The van der Waals surface area contributed by atoms with Crippen molar-refractivity contribution in [2.75, 3.05) is 18.4 Å². The molecule has 0 aliphatic carbocycles. The number of anilines is 1. The molecule has 3 N–H and O–H groups in total. The van der Waals surface area contributed by atoms with Gasteiger partial charge in [-0.05, 0) is 26.0 Å². The van der Waals surface area contributed by atoms with Crippen LogP contribution in [0.5, 0.6) is 5.75 Å². The third-order valence-corrected chi connectivity index (χ3v) is 1.57. The van der Waals surface area contributed by atoms with Crippen LogP contribution in [0.4, 0.5) is 5.82 Å². The predicted octanol–water partition coefficient (Wildman–Crippen LogP) is 1.24. The molecule has 0 aliphatic heterocycles. The Kier molecular flexibility index (Phi) is 4.19. The Morgan fingerprint density at radius 2 is 2.36 bits per heavy atom. The number of hydrogen-bond acceptors (Lipinski definition) is 4. The van der Waals surface area contributed by atoms with Gasteiger partial charge < -0.3 is 15.8 Å². The number of hydrogen-bond donors (Lipinski definition) is 2. The van der Waals surface area contributed by atoms with Crippen LogP contribution in [-0.2, 0) is 0 Å². The van der Waals surface area contributed by atoms with Crippen LogP contribution in [0.3, 0.4) is 0 Å². The Morgan fingerprint density at radius 1 is 1.57 bits per heavy atom. The summed E-state index contributed by atoms with van der Waals surface area (Å²) in [6.07, 6.45) is 1.88. The first kappa shape index (κ1) is 10.8. The summed E-state index contributed by atoms with van der Waals surface area (Å²) in [5, 5.41) is 3.11. The number of aromatic nitrogens is 1. The monoisotopic (exact) mass is 195 g/mol. The molecule has 0 amide bonds. The molecule has 0 radical (unpaired) electrons. The predicted molar refractivity (Wildman–Crippen MR) is 57.5 cm³/mol. The highest BCUT2D eigenvalue weighted by Crippen LogP contribution is 2.21. The van der Waals surface area contributed by atoms with Gasteiger partial charge in [-0.1, -0.05) is 0 Å². The summed E-state index contributed by atoms with van der Waals surface area (Å²) in [7, 11) is 0. The molecular formula is C10H17N3O. The molecule has 0 spiro atoms. The Labute approximate surface area is 84.5 Å².